The van der Waals surface area contributed by atoms with E-state index in [0.717, 1.165) is 12.1 Å². The summed E-state index contributed by atoms with van der Waals surface area (Å²) >= 11 is 5.51. The van der Waals surface area contributed by atoms with Gasteiger partial charge in [0.15, 0.2) is 0 Å². The summed E-state index contributed by atoms with van der Waals surface area (Å²) in [4.78, 5) is 9.60. The van der Waals surface area contributed by atoms with E-state index >= 15 is 0 Å². The van der Waals surface area contributed by atoms with Crippen molar-refractivity contribution < 1.29 is 27.4 Å². The second-order valence-electron chi connectivity index (χ2n) is 3.42. The largest absolute Gasteiger partial charge is 0.480 e. The van der Waals surface area contributed by atoms with Crippen LogP contribution in [0.5, 0.6) is 0 Å². The highest BCUT2D eigenvalue weighted by Gasteiger charge is 2.18. The number of aliphatic carboxylic acids is 1. The Bertz CT molecular complexity index is 563. The standard InChI is InChI=1S/C10H11ClFNO5S/c11-7-1-2-9(8(12)5-7)19(16,17)13-3-4-18-6-10(14)15/h1-2,5,13H,3-4,6H2,(H,14,15). The molecular weight excluding hydrogens is 301 g/mol. The molecule has 0 bridgehead atoms. The minimum Gasteiger partial charge on any atom is -0.480 e. The summed E-state index contributed by atoms with van der Waals surface area (Å²) in [7, 11) is -4.02. The first kappa shape index (κ1) is 15.8. The Hall–Kier alpha value is -1.22. The van der Waals surface area contributed by atoms with Crippen LogP contribution in [0, 0.1) is 5.82 Å². The van der Waals surface area contributed by atoms with E-state index in [1.807, 2.05) is 0 Å². The fourth-order valence-corrected chi connectivity index (χ4v) is 2.41. The van der Waals surface area contributed by atoms with Gasteiger partial charge in [0, 0.05) is 11.6 Å². The molecule has 0 aliphatic carbocycles. The summed E-state index contributed by atoms with van der Waals surface area (Å²) in [5.41, 5.74) is 0. The molecule has 0 amide bonds. The van der Waals surface area contributed by atoms with Gasteiger partial charge in [0.2, 0.25) is 10.0 Å². The van der Waals surface area contributed by atoms with Gasteiger partial charge in [0.25, 0.3) is 0 Å². The third-order valence-corrected chi connectivity index (χ3v) is 3.68. The van der Waals surface area contributed by atoms with Crippen molar-refractivity contribution in [2.45, 2.75) is 4.90 Å². The van der Waals surface area contributed by atoms with Crippen LogP contribution in [0.4, 0.5) is 4.39 Å². The SMILES string of the molecule is O=C(O)COCCNS(=O)(=O)c1ccc(Cl)cc1F. The van der Waals surface area contributed by atoms with Crippen molar-refractivity contribution in [3.63, 3.8) is 0 Å². The third-order valence-electron chi connectivity index (χ3n) is 1.95. The number of benzene rings is 1. The molecule has 0 aromatic heterocycles. The molecule has 0 heterocycles. The highest BCUT2D eigenvalue weighted by Crippen LogP contribution is 2.18. The lowest BCUT2D eigenvalue weighted by Crippen LogP contribution is -2.28. The van der Waals surface area contributed by atoms with Crippen molar-refractivity contribution in [1.82, 2.24) is 4.72 Å². The summed E-state index contributed by atoms with van der Waals surface area (Å²) < 4.78 is 43.5. The van der Waals surface area contributed by atoms with Crippen molar-refractivity contribution in [3.05, 3.63) is 29.0 Å². The quantitative estimate of drug-likeness (QED) is 0.729. The molecule has 9 heteroatoms. The van der Waals surface area contributed by atoms with Crippen molar-refractivity contribution in [2.24, 2.45) is 0 Å². The number of rotatable bonds is 7. The molecule has 1 aromatic carbocycles. The number of nitrogens with one attached hydrogen (secondary N) is 1. The molecule has 0 fully saturated rings. The molecule has 1 rings (SSSR count). The number of halogens is 2. The number of ether oxygens (including phenoxy) is 1. The van der Waals surface area contributed by atoms with Gasteiger partial charge < -0.3 is 9.84 Å². The second-order valence-corrected chi connectivity index (χ2v) is 5.59. The summed E-state index contributed by atoms with van der Waals surface area (Å²) in [6.07, 6.45) is 0. The van der Waals surface area contributed by atoms with Gasteiger partial charge in [0.1, 0.15) is 17.3 Å². The molecule has 0 radical (unpaired) electrons. The second kappa shape index (κ2) is 6.80. The van der Waals surface area contributed by atoms with E-state index in [-0.39, 0.29) is 18.2 Å². The summed E-state index contributed by atoms with van der Waals surface area (Å²) in [6.45, 7) is -0.838. The van der Waals surface area contributed by atoms with Crippen molar-refractivity contribution in [3.8, 4) is 0 Å². The topological polar surface area (TPSA) is 92.7 Å². The first-order valence-electron chi connectivity index (χ1n) is 5.07. The monoisotopic (exact) mass is 311 g/mol. The highest BCUT2D eigenvalue weighted by molar-refractivity contribution is 7.89. The fraction of sp³-hybridized carbons (Fsp3) is 0.300. The summed E-state index contributed by atoms with van der Waals surface area (Å²) in [5.74, 6) is -2.13. The van der Waals surface area contributed by atoms with E-state index < -0.39 is 33.3 Å². The maximum atomic E-state index is 13.4. The van der Waals surface area contributed by atoms with E-state index in [0.29, 0.717) is 0 Å². The van der Waals surface area contributed by atoms with E-state index in [1.54, 1.807) is 0 Å². The molecule has 1 aromatic rings. The Morgan fingerprint density at radius 2 is 2.16 bits per heavy atom. The zero-order valence-electron chi connectivity index (χ0n) is 9.60. The average Bonchev–Trinajstić information content (AvgIpc) is 2.27. The maximum absolute atomic E-state index is 13.4. The van der Waals surface area contributed by atoms with Crippen LogP contribution in [-0.4, -0.2) is 39.3 Å². The van der Waals surface area contributed by atoms with Gasteiger partial charge >= 0.3 is 5.97 Å². The zero-order valence-corrected chi connectivity index (χ0v) is 11.2. The number of hydrogen-bond acceptors (Lipinski definition) is 4. The molecule has 19 heavy (non-hydrogen) atoms. The van der Waals surface area contributed by atoms with E-state index in [4.69, 9.17) is 16.7 Å². The van der Waals surface area contributed by atoms with Crippen LogP contribution in [0.3, 0.4) is 0 Å². The van der Waals surface area contributed by atoms with Crippen molar-refractivity contribution >= 4 is 27.6 Å². The van der Waals surface area contributed by atoms with Crippen LogP contribution >= 0.6 is 11.6 Å². The van der Waals surface area contributed by atoms with Crippen molar-refractivity contribution in [2.75, 3.05) is 19.8 Å². The normalized spacial score (nSPS) is 11.5. The van der Waals surface area contributed by atoms with Crippen LogP contribution in [0.2, 0.25) is 5.02 Å². The van der Waals surface area contributed by atoms with Crippen LogP contribution < -0.4 is 4.72 Å². The van der Waals surface area contributed by atoms with E-state index in [9.17, 15) is 17.6 Å². The first-order valence-corrected chi connectivity index (χ1v) is 6.93. The molecule has 106 valence electrons. The highest BCUT2D eigenvalue weighted by atomic mass is 35.5. The predicted molar refractivity (Wildman–Crippen MR) is 65.1 cm³/mol. The van der Waals surface area contributed by atoms with Crippen LogP contribution in [0.25, 0.3) is 0 Å². The van der Waals surface area contributed by atoms with Gasteiger partial charge in [-0.25, -0.2) is 22.3 Å². The molecular formula is C10H11ClFNO5S. The molecule has 0 spiro atoms. The van der Waals surface area contributed by atoms with Gasteiger partial charge in [0.05, 0.1) is 6.61 Å². The Balaban J connectivity index is 2.59. The van der Waals surface area contributed by atoms with Gasteiger partial charge in [-0.3, -0.25) is 0 Å². The average molecular weight is 312 g/mol. The number of carboxylic acids is 1. The van der Waals surface area contributed by atoms with E-state index in [2.05, 4.69) is 9.46 Å². The minimum absolute atomic E-state index is 0.0845. The third kappa shape index (κ3) is 5.11. The van der Waals surface area contributed by atoms with Gasteiger partial charge in [-0.15, -0.1) is 0 Å². The molecule has 0 aliphatic rings. The lowest BCUT2D eigenvalue weighted by molar-refractivity contribution is -0.142. The molecule has 0 saturated heterocycles. The summed E-state index contributed by atoms with van der Waals surface area (Å²) in [6, 6.07) is 3.18. The minimum atomic E-state index is -4.02. The molecule has 2 N–H and O–H groups in total. The summed E-state index contributed by atoms with van der Waals surface area (Å²) in [5, 5.41) is 8.37. The van der Waals surface area contributed by atoms with Crippen molar-refractivity contribution in [1.29, 1.82) is 0 Å². The van der Waals surface area contributed by atoms with Gasteiger partial charge in [-0.1, -0.05) is 11.6 Å². The number of carboxylic acid groups (broad SMARTS) is 1. The van der Waals surface area contributed by atoms with Crippen LogP contribution in [-0.2, 0) is 19.6 Å². The number of carbonyl (C=O) groups is 1. The smallest absolute Gasteiger partial charge is 0.329 e. The molecule has 0 atom stereocenters. The van der Waals surface area contributed by atoms with E-state index in [1.165, 1.54) is 6.07 Å². The molecule has 0 unspecified atom stereocenters. The molecule has 0 saturated carbocycles. The predicted octanol–water partition coefficient (Wildman–Crippen LogP) is 0.859. The first-order chi connectivity index (χ1) is 8.83. The number of hydrogen-bond donors (Lipinski definition) is 2. The Labute approximate surface area is 114 Å². The fourth-order valence-electron chi connectivity index (χ4n) is 1.18. The Kier molecular flexibility index (Phi) is 5.67. The lowest BCUT2D eigenvalue weighted by Gasteiger charge is -2.07. The molecule has 6 nitrogen and oxygen atoms in total. The van der Waals surface area contributed by atoms with Gasteiger partial charge in [-0.2, -0.15) is 0 Å². The Morgan fingerprint density at radius 1 is 1.47 bits per heavy atom. The molecule has 0 aliphatic heterocycles. The number of sulfonamides is 1. The van der Waals surface area contributed by atoms with Crippen LogP contribution in [0.1, 0.15) is 0 Å². The van der Waals surface area contributed by atoms with Gasteiger partial charge in [-0.05, 0) is 18.2 Å². The maximum Gasteiger partial charge on any atom is 0.329 e. The van der Waals surface area contributed by atoms with Crippen LogP contribution in [0.15, 0.2) is 23.1 Å². The lowest BCUT2D eigenvalue weighted by atomic mass is 10.3. The Morgan fingerprint density at radius 3 is 2.74 bits per heavy atom. The zero-order chi connectivity index (χ0) is 14.5.